The number of hydrogen-bond donors (Lipinski definition) is 2. The van der Waals surface area contributed by atoms with E-state index in [2.05, 4.69) is 12.2 Å². The third-order valence-corrected chi connectivity index (χ3v) is 1.82. The van der Waals surface area contributed by atoms with Crippen LogP contribution in [0, 0.1) is 0 Å². The smallest absolute Gasteiger partial charge is 0.408 e. The summed E-state index contributed by atoms with van der Waals surface area (Å²) in [5.74, 6) is 0. The third-order valence-electron chi connectivity index (χ3n) is 1.82. The van der Waals surface area contributed by atoms with Gasteiger partial charge in [0.15, 0.2) is 0 Å². The lowest BCUT2D eigenvalue weighted by Crippen LogP contribution is -2.44. The summed E-state index contributed by atoms with van der Waals surface area (Å²) in [5.41, 5.74) is 5.26. The van der Waals surface area contributed by atoms with Crippen molar-refractivity contribution in [2.45, 2.75) is 65.1 Å². The minimum atomic E-state index is -0.465. The Balaban J connectivity index is 0. The molecular formula is C11H25ClN2O2. The summed E-state index contributed by atoms with van der Waals surface area (Å²) < 4.78 is 5.08. The van der Waals surface area contributed by atoms with Crippen molar-refractivity contribution >= 4 is 18.5 Å². The second kappa shape index (κ2) is 8.65. The summed E-state index contributed by atoms with van der Waals surface area (Å²) in [6.07, 6.45) is 3.39. The van der Waals surface area contributed by atoms with E-state index < -0.39 is 11.7 Å². The summed E-state index contributed by atoms with van der Waals surface area (Å²) in [5, 5.41) is 2.61. The fourth-order valence-electron chi connectivity index (χ4n) is 1.15. The van der Waals surface area contributed by atoms with E-state index in [1.807, 2.05) is 20.8 Å². The molecule has 0 radical (unpaired) electrons. The van der Waals surface area contributed by atoms with Crippen molar-refractivity contribution in [1.82, 2.24) is 5.32 Å². The van der Waals surface area contributed by atoms with Crippen molar-refractivity contribution in [2.24, 2.45) is 5.73 Å². The molecule has 0 aromatic rings. The molecule has 1 unspecified atom stereocenters. The quantitative estimate of drug-likeness (QED) is 0.584. The molecule has 1 amide bonds. The standard InChI is InChI=1S/C11H24N2O2.ClH/c1-5-6-7-8-9(12)13-10(14)15-11(2,3)4;/h9H,5-8,12H2,1-4H3,(H,13,14);1H. The number of nitrogens with two attached hydrogens (primary N) is 1. The first-order valence-electron chi connectivity index (χ1n) is 5.60. The Labute approximate surface area is 105 Å². The largest absolute Gasteiger partial charge is 0.444 e. The Hall–Kier alpha value is -0.480. The molecule has 16 heavy (non-hydrogen) atoms. The molecule has 0 aliphatic rings. The second-order valence-corrected chi connectivity index (χ2v) is 4.75. The molecule has 0 fully saturated rings. The lowest BCUT2D eigenvalue weighted by molar-refractivity contribution is 0.0503. The molecular weight excluding hydrogens is 228 g/mol. The molecule has 3 N–H and O–H groups in total. The zero-order valence-corrected chi connectivity index (χ0v) is 11.5. The van der Waals surface area contributed by atoms with Gasteiger partial charge >= 0.3 is 6.09 Å². The van der Waals surface area contributed by atoms with Crippen LogP contribution in [0.25, 0.3) is 0 Å². The molecule has 5 heteroatoms. The van der Waals surface area contributed by atoms with Crippen LogP contribution in [0.3, 0.4) is 0 Å². The number of ether oxygens (including phenoxy) is 1. The van der Waals surface area contributed by atoms with Crippen LogP contribution in [0.4, 0.5) is 4.79 Å². The summed E-state index contributed by atoms with van der Waals surface area (Å²) >= 11 is 0. The van der Waals surface area contributed by atoms with Gasteiger partial charge in [-0.3, -0.25) is 0 Å². The predicted octanol–water partition coefficient (Wildman–Crippen LogP) is 2.80. The maximum absolute atomic E-state index is 11.3. The van der Waals surface area contributed by atoms with E-state index in [9.17, 15) is 4.79 Å². The van der Waals surface area contributed by atoms with Crippen LogP contribution in [0.1, 0.15) is 53.4 Å². The van der Waals surface area contributed by atoms with Gasteiger partial charge in [-0.25, -0.2) is 4.79 Å². The first-order valence-corrected chi connectivity index (χ1v) is 5.60. The van der Waals surface area contributed by atoms with Crippen molar-refractivity contribution < 1.29 is 9.53 Å². The molecule has 0 rings (SSSR count). The number of carbonyl (C=O) groups is 1. The number of amides is 1. The highest BCUT2D eigenvalue weighted by atomic mass is 35.5. The molecule has 0 bridgehead atoms. The molecule has 0 heterocycles. The van der Waals surface area contributed by atoms with E-state index >= 15 is 0 Å². The van der Waals surface area contributed by atoms with Crippen LogP contribution in [-0.2, 0) is 4.74 Å². The van der Waals surface area contributed by atoms with Gasteiger partial charge < -0.3 is 15.8 Å². The highest BCUT2D eigenvalue weighted by Crippen LogP contribution is 2.07. The fourth-order valence-corrected chi connectivity index (χ4v) is 1.15. The predicted molar refractivity (Wildman–Crippen MR) is 68.7 cm³/mol. The maximum atomic E-state index is 11.3. The average Bonchev–Trinajstić information content (AvgIpc) is 2.00. The normalized spacial score (nSPS) is 12.6. The highest BCUT2D eigenvalue weighted by molar-refractivity contribution is 5.85. The Morgan fingerprint density at radius 2 is 1.94 bits per heavy atom. The SMILES string of the molecule is CCCCCC(N)NC(=O)OC(C)(C)C.Cl. The summed E-state index contributed by atoms with van der Waals surface area (Å²) in [4.78, 5) is 11.3. The van der Waals surface area contributed by atoms with Crippen molar-refractivity contribution in [2.75, 3.05) is 0 Å². The second-order valence-electron chi connectivity index (χ2n) is 4.75. The first kappa shape index (κ1) is 17.9. The number of alkyl carbamates (subject to hydrolysis) is 1. The lowest BCUT2D eigenvalue weighted by atomic mass is 10.2. The van der Waals surface area contributed by atoms with Crippen LogP contribution in [0.5, 0.6) is 0 Å². The minimum Gasteiger partial charge on any atom is -0.444 e. The van der Waals surface area contributed by atoms with Gasteiger partial charge in [-0.2, -0.15) is 0 Å². The van der Waals surface area contributed by atoms with E-state index in [0.717, 1.165) is 25.7 Å². The van der Waals surface area contributed by atoms with Gasteiger partial charge in [-0.15, -0.1) is 12.4 Å². The number of halogens is 1. The van der Waals surface area contributed by atoms with Crippen LogP contribution in [0.15, 0.2) is 0 Å². The minimum absolute atomic E-state index is 0. The summed E-state index contributed by atoms with van der Waals surface area (Å²) in [6.45, 7) is 7.62. The Bertz CT molecular complexity index is 193. The van der Waals surface area contributed by atoms with Crippen molar-refractivity contribution in [3.63, 3.8) is 0 Å². The van der Waals surface area contributed by atoms with Gasteiger partial charge in [0, 0.05) is 0 Å². The van der Waals surface area contributed by atoms with Gasteiger partial charge in [0.05, 0.1) is 6.17 Å². The van der Waals surface area contributed by atoms with Crippen molar-refractivity contribution in [1.29, 1.82) is 0 Å². The lowest BCUT2D eigenvalue weighted by Gasteiger charge is -2.21. The zero-order chi connectivity index (χ0) is 11.9. The number of unbranched alkanes of at least 4 members (excludes halogenated alkanes) is 2. The van der Waals surface area contributed by atoms with Gasteiger partial charge in [0.1, 0.15) is 5.60 Å². The maximum Gasteiger partial charge on any atom is 0.408 e. The first-order chi connectivity index (χ1) is 6.85. The number of carbonyl (C=O) groups excluding carboxylic acids is 1. The van der Waals surface area contributed by atoms with E-state index in [1.165, 1.54) is 0 Å². The van der Waals surface area contributed by atoms with E-state index in [-0.39, 0.29) is 18.6 Å². The van der Waals surface area contributed by atoms with Crippen LogP contribution >= 0.6 is 12.4 Å². The number of hydrogen-bond acceptors (Lipinski definition) is 3. The third kappa shape index (κ3) is 11.6. The fraction of sp³-hybridized carbons (Fsp3) is 0.909. The van der Waals surface area contributed by atoms with Gasteiger partial charge in [0.25, 0.3) is 0 Å². The molecule has 0 aliphatic carbocycles. The van der Waals surface area contributed by atoms with Gasteiger partial charge in [-0.1, -0.05) is 26.2 Å². The molecule has 4 nitrogen and oxygen atoms in total. The molecule has 0 aromatic heterocycles. The van der Waals surface area contributed by atoms with Crippen molar-refractivity contribution in [3.8, 4) is 0 Å². The van der Waals surface area contributed by atoms with Gasteiger partial charge in [0.2, 0.25) is 0 Å². The monoisotopic (exact) mass is 252 g/mol. The summed E-state index contributed by atoms with van der Waals surface area (Å²) in [7, 11) is 0. The summed E-state index contributed by atoms with van der Waals surface area (Å²) in [6, 6.07) is 0. The van der Waals surface area contributed by atoms with Crippen LogP contribution in [0.2, 0.25) is 0 Å². The highest BCUT2D eigenvalue weighted by Gasteiger charge is 2.17. The topological polar surface area (TPSA) is 64.3 Å². The average molecular weight is 253 g/mol. The molecule has 0 aromatic carbocycles. The van der Waals surface area contributed by atoms with E-state index in [1.54, 1.807) is 0 Å². The molecule has 0 saturated carbocycles. The number of nitrogens with one attached hydrogen (secondary N) is 1. The van der Waals surface area contributed by atoms with E-state index in [0.29, 0.717) is 0 Å². The Morgan fingerprint density at radius 1 is 1.38 bits per heavy atom. The Kier molecular flexibility index (Phi) is 9.67. The number of rotatable bonds is 5. The molecule has 1 atom stereocenters. The van der Waals surface area contributed by atoms with Crippen LogP contribution < -0.4 is 11.1 Å². The molecule has 0 aliphatic heterocycles. The zero-order valence-electron chi connectivity index (χ0n) is 10.7. The molecule has 0 spiro atoms. The Morgan fingerprint density at radius 3 is 2.38 bits per heavy atom. The molecule has 98 valence electrons. The van der Waals surface area contributed by atoms with E-state index in [4.69, 9.17) is 10.5 Å². The molecule has 0 saturated heterocycles. The van der Waals surface area contributed by atoms with Gasteiger partial charge in [-0.05, 0) is 27.2 Å². The van der Waals surface area contributed by atoms with Crippen molar-refractivity contribution in [3.05, 3.63) is 0 Å². The van der Waals surface area contributed by atoms with Crippen LogP contribution in [-0.4, -0.2) is 17.9 Å².